The molecule has 1 unspecified atom stereocenters. The van der Waals surface area contributed by atoms with E-state index in [0.717, 1.165) is 0 Å². The zero-order valence-corrected chi connectivity index (χ0v) is 17.5. The zero-order chi connectivity index (χ0) is 22.4. The smallest absolute Gasteiger partial charge is 0.308 e. The maximum atomic E-state index is 12.5. The minimum absolute atomic E-state index is 0.104. The topological polar surface area (TPSA) is 123 Å². The number of carbonyl (C=O) groups is 4. The molecule has 3 rings (SSSR count). The maximum absolute atomic E-state index is 12.5. The van der Waals surface area contributed by atoms with Gasteiger partial charge in [-0.15, -0.1) is 0 Å². The molecule has 2 amide bonds. The van der Waals surface area contributed by atoms with Gasteiger partial charge in [0.1, 0.15) is 16.7 Å². The normalized spacial score (nSPS) is 16.5. The summed E-state index contributed by atoms with van der Waals surface area (Å²) in [5.74, 6) is -1.69. The molecule has 1 saturated heterocycles. The van der Waals surface area contributed by atoms with Crippen molar-refractivity contribution in [3.63, 3.8) is 0 Å². The van der Waals surface area contributed by atoms with E-state index in [-0.39, 0.29) is 29.5 Å². The second-order valence-electron chi connectivity index (χ2n) is 6.48. The molecule has 31 heavy (non-hydrogen) atoms. The summed E-state index contributed by atoms with van der Waals surface area (Å²) in [7, 11) is 0. The Hall–Kier alpha value is -3.66. The van der Waals surface area contributed by atoms with Crippen LogP contribution in [-0.2, 0) is 19.2 Å². The Bertz CT molecular complexity index is 1020. The quantitative estimate of drug-likeness (QED) is 0.522. The third kappa shape index (κ3) is 6.68. The summed E-state index contributed by atoms with van der Waals surface area (Å²) in [6.07, 6.45) is -0.106. The lowest BCUT2D eigenvalue weighted by atomic mass is 10.2. The Labute approximate surface area is 182 Å². The lowest BCUT2D eigenvalue weighted by molar-refractivity contribution is -0.132. The standard InChI is InChI=1S/C21H19N3O6S/c1-12(25)29-16-8-15(9-17(10-16)30-13(2)26)22-19(27)11-18-20(28)24-21(31-18)23-14-6-4-3-5-7-14/h3-10,18H,11H2,1-2H3,(H,22,27)(H,23,24,28). The highest BCUT2D eigenvalue weighted by molar-refractivity contribution is 8.15. The highest BCUT2D eigenvalue weighted by Gasteiger charge is 2.32. The fraction of sp³-hybridized carbons (Fsp3) is 0.190. The number of aliphatic imine (C=N–C) groups is 1. The van der Waals surface area contributed by atoms with Gasteiger partial charge in [-0.1, -0.05) is 30.0 Å². The number of hydrogen-bond acceptors (Lipinski definition) is 8. The molecule has 1 aliphatic heterocycles. The molecule has 1 atom stereocenters. The third-order valence-corrected chi connectivity index (χ3v) is 4.90. The van der Waals surface area contributed by atoms with E-state index in [9.17, 15) is 19.2 Å². The number of nitrogens with one attached hydrogen (secondary N) is 2. The molecule has 2 N–H and O–H groups in total. The molecule has 0 aromatic heterocycles. The van der Waals surface area contributed by atoms with Crippen LogP contribution in [0.1, 0.15) is 20.3 Å². The second-order valence-corrected chi connectivity index (χ2v) is 7.67. The Morgan fingerprint density at radius 2 is 1.65 bits per heavy atom. The summed E-state index contributed by atoms with van der Waals surface area (Å²) in [5, 5.41) is 5.06. The van der Waals surface area contributed by atoms with Gasteiger partial charge < -0.3 is 20.1 Å². The predicted molar refractivity (Wildman–Crippen MR) is 115 cm³/mol. The van der Waals surface area contributed by atoms with Crippen LogP contribution >= 0.6 is 11.8 Å². The first-order valence-corrected chi connectivity index (χ1v) is 10.1. The monoisotopic (exact) mass is 441 g/mol. The summed E-state index contributed by atoms with van der Waals surface area (Å²) in [6.45, 7) is 2.45. The van der Waals surface area contributed by atoms with Crippen molar-refractivity contribution in [1.82, 2.24) is 5.32 Å². The first-order chi connectivity index (χ1) is 14.8. The number of anilines is 1. The number of benzene rings is 2. The van der Waals surface area contributed by atoms with Crippen molar-refractivity contribution >= 4 is 52.1 Å². The van der Waals surface area contributed by atoms with Crippen LogP contribution < -0.4 is 20.1 Å². The van der Waals surface area contributed by atoms with Crippen LogP contribution in [0.15, 0.2) is 53.5 Å². The van der Waals surface area contributed by atoms with Crippen molar-refractivity contribution in [2.75, 3.05) is 5.32 Å². The Balaban J connectivity index is 1.67. The number of hydrogen-bond donors (Lipinski definition) is 2. The van der Waals surface area contributed by atoms with Crippen molar-refractivity contribution in [1.29, 1.82) is 0 Å². The maximum Gasteiger partial charge on any atom is 0.308 e. The number of nitrogens with zero attached hydrogens (tertiary/aromatic N) is 1. The molecule has 0 radical (unpaired) electrons. The third-order valence-electron chi connectivity index (χ3n) is 3.82. The minimum Gasteiger partial charge on any atom is -0.427 e. The Morgan fingerprint density at radius 3 is 2.23 bits per heavy atom. The summed E-state index contributed by atoms with van der Waals surface area (Å²) in [4.78, 5) is 51.5. The van der Waals surface area contributed by atoms with Crippen LogP contribution in [0, 0.1) is 0 Å². The van der Waals surface area contributed by atoms with E-state index in [0.29, 0.717) is 10.9 Å². The van der Waals surface area contributed by atoms with Gasteiger partial charge >= 0.3 is 11.9 Å². The van der Waals surface area contributed by atoms with Crippen molar-refractivity contribution in [2.45, 2.75) is 25.5 Å². The molecule has 0 saturated carbocycles. The number of carbonyl (C=O) groups excluding carboxylic acids is 4. The molecule has 1 heterocycles. The fourth-order valence-electron chi connectivity index (χ4n) is 2.69. The molecule has 0 aliphatic carbocycles. The highest BCUT2D eigenvalue weighted by atomic mass is 32.2. The SMILES string of the molecule is CC(=O)Oc1cc(NC(=O)CC2SC(=Nc3ccccc3)NC2=O)cc(OC(C)=O)c1. The first-order valence-electron chi connectivity index (χ1n) is 9.21. The molecular weight excluding hydrogens is 422 g/mol. The number of para-hydroxylation sites is 1. The minimum atomic E-state index is -0.646. The van der Waals surface area contributed by atoms with Gasteiger partial charge in [0.15, 0.2) is 5.17 Å². The summed E-state index contributed by atoms with van der Waals surface area (Å²) < 4.78 is 10.0. The van der Waals surface area contributed by atoms with Crippen LogP contribution in [-0.4, -0.2) is 34.2 Å². The Morgan fingerprint density at radius 1 is 1.03 bits per heavy atom. The molecule has 1 aliphatic rings. The van der Waals surface area contributed by atoms with Gasteiger partial charge in [-0.3, -0.25) is 19.2 Å². The largest absolute Gasteiger partial charge is 0.427 e. The average molecular weight is 441 g/mol. The van der Waals surface area contributed by atoms with Gasteiger partial charge in [-0.25, -0.2) is 4.99 Å². The van der Waals surface area contributed by atoms with Gasteiger partial charge in [0, 0.05) is 44.2 Å². The van der Waals surface area contributed by atoms with Gasteiger partial charge in [0.25, 0.3) is 0 Å². The van der Waals surface area contributed by atoms with Gasteiger partial charge in [0.05, 0.1) is 5.69 Å². The van der Waals surface area contributed by atoms with Crippen LogP contribution in [0.25, 0.3) is 0 Å². The van der Waals surface area contributed by atoms with Crippen LogP contribution in [0.5, 0.6) is 11.5 Å². The average Bonchev–Trinajstić information content (AvgIpc) is 2.99. The molecule has 2 aromatic carbocycles. The molecule has 9 nitrogen and oxygen atoms in total. The van der Waals surface area contributed by atoms with Crippen molar-refractivity contribution in [3.05, 3.63) is 48.5 Å². The van der Waals surface area contributed by atoms with Crippen molar-refractivity contribution in [2.24, 2.45) is 4.99 Å². The fourth-order valence-corrected chi connectivity index (χ4v) is 3.67. The predicted octanol–water partition coefficient (Wildman–Crippen LogP) is 2.79. The summed E-state index contributed by atoms with van der Waals surface area (Å²) in [6, 6.07) is 13.3. The van der Waals surface area contributed by atoms with E-state index < -0.39 is 23.1 Å². The summed E-state index contributed by atoms with van der Waals surface area (Å²) in [5.41, 5.74) is 0.942. The molecule has 2 aromatic rings. The van der Waals surface area contributed by atoms with Crippen molar-refractivity contribution in [3.8, 4) is 11.5 Å². The number of thioether (sulfide) groups is 1. The number of ether oxygens (including phenoxy) is 2. The molecule has 0 spiro atoms. The van der Waals surface area contributed by atoms with E-state index in [1.54, 1.807) is 12.1 Å². The first kappa shape index (κ1) is 22.0. The van der Waals surface area contributed by atoms with Gasteiger partial charge in [0.2, 0.25) is 11.8 Å². The molecular formula is C21H19N3O6S. The summed E-state index contributed by atoms with van der Waals surface area (Å²) >= 11 is 1.17. The van der Waals surface area contributed by atoms with E-state index in [2.05, 4.69) is 15.6 Å². The second kappa shape index (κ2) is 9.90. The number of esters is 2. The molecule has 160 valence electrons. The van der Waals surface area contributed by atoms with Crippen molar-refractivity contribution < 1.29 is 28.7 Å². The number of amidine groups is 1. The van der Waals surface area contributed by atoms with E-state index in [4.69, 9.17) is 9.47 Å². The van der Waals surface area contributed by atoms with Crippen LogP contribution in [0.4, 0.5) is 11.4 Å². The zero-order valence-electron chi connectivity index (χ0n) is 16.7. The molecule has 0 bridgehead atoms. The van der Waals surface area contributed by atoms with Crippen LogP contribution in [0.2, 0.25) is 0 Å². The van der Waals surface area contributed by atoms with Crippen LogP contribution in [0.3, 0.4) is 0 Å². The van der Waals surface area contributed by atoms with Gasteiger partial charge in [-0.2, -0.15) is 0 Å². The number of amides is 2. The molecule has 1 fully saturated rings. The van der Waals surface area contributed by atoms with Gasteiger partial charge in [-0.05, 0) is 12.1 Å². The number of rotatable bonds is 6. The van der Waals surface area contributed by atoms with E-state index >= 15 is 0 Å². The lowest BCUT2D eigenvalue weighted by Gasteiger charge is -2.11. The molecule has 10 heteroatoms. The van der Waals surface area contributed by atoms with E-state index in [1.807, 2.05) is 18.2 Å². The highest BCUT2D eigenvalue weighted by Crippen LogP contribution is 2.28. The lowest BCUT2D eigenvalue weighted by Crippen LogP contribution is -2.28. The van der Waals surface area contributed by atoms with E-state index in [1.165, 1.54) is 43.8 Å². The Kier molecular flexibility index (Phi) is 7.03.